The first kappa shape index (κ1) is 14.3. The van der Waals surface area contributed by atoms with Crippen molar-refractivity contribution in [2.24, 2.45) is 0 Å². The Morgan fingerprint density at radius 2 is 1.94 bits per heavy atom. The number of nitrogens with two attached hydrogens (primary N) is 1. The molecule has 5 nitrogen and oxygen atoms in total. The third-order valence-electron chi connectivity index (χ3n) is 2.72. The van der Waals surface area contributed by atoms with Crippen LogP contribution in [0.15, 0.2) is 18.2 Å². The summed E-state index contributed by atoms with van der Waals surface area (Å²) in [5.41, 5.74) is 7.59. The molecule has 1 rings (SSSR count). The van der Waals surface area contributed by atoms with Crippen molar-refractivity contribution in [1.29, 1.82) is 0 Å². The number of anilines is 2. The number of hydrogen-bond donors (Lipinski definition) is 1. The molecule has 18 heavy (non-hydrogen) atoms. The topological polar surface area (TPSA) is 58.8 Å². The van der Waals surface area contributed by atoms with Crippen molar-refractivity contribution in [2.75, 3.05) is 52.0 Å². The van der Waals surface area contributed by atoms with E-state index in [1.54, 1.807) is 12.1 Å². The molecule has 0 unspecified atom stereocenters. The van der Waals surface area contributed by atoms with Gasteiger partial charge in [-0.25, -0.2) is 4.79 Å². The molecule has 5 heteroatoms. The molecule has 1 aromatic rings. The molecular weight excluding hydrogens is 230 g/mol. The first-order valence-electron chi connectivity index (χ1n) is 5.79. The number of carbonyl (C=O) groups excluding carboxylic acids is 1. The molecule has 100 valence electrons. The lowest BCUT2D eigenvalue weighted by Crippen LogP contribution is -2.29. The Morgan fingerprint density at radius 3 is 2.50 bits per heavy atom. The average Bonchev–Trinajstić information content (AvgIpc) is 2.34. The zero-order chi connectivity index (χ0) is 13.7. The van der Waals surface area contributed by atoms with Gasteiger partial charge in [0.15, 0.2) is 0 Å². The van der Waals surface area contributed by atoms with E-state index in [1.807, 2.05) is 32.1 Å². The number of nitrogens with zero attached hydrogens (tertiary/aromatic N) is 2. The van der Waals surface area contributed by atoms with Crippen LogP contribution in [0.1, 0.15) is 10.4 Å². The number of esters is 1. The highest BCUT2D eigenvalue weighted by molar-refractivity contribution is 5.96. The molecule has 0 atom stereocenters. The van der Waals surface area contributed by atoms with Crippen LogP contribution in [0.3, 0.4) is 0 Å². The highest BCUT2D eigenvalue weighted by atomic mass is 16.5. The van der Waals surface area contributed by atoms with E-state index in [-0.39, 0.29) is 5.97 Å². The molecule has 0 bridgehead atoms. The Bertz CT molecular complexity index is 419. The average molecular weight is 251 g/mol. The molecule has 0 aliphatic rings. The summed E-state index contributed by atoms with van der Waals surface area (Å²) in [6, 6.07) is 5.28. The number of nitrogen functional groups attached to an aromatic ring is 1. The fraction of sp³-hybridized carbons (Fsp3) is 0.462. The van der Waals surface area contributed by atoms with E-state index < -0.39 is 0 Å². The highest BCUT2D eigenvalue weighted by Crippen LogP contribution is 2.22. The van der Waals surface area contributed by atoms with Crippen molar-refractivity contribution in [1.82, 2.24) is 4.90 Å². The van der Waals surface area contributed by atoms with Crippen LogP contribution in [0.5, 0.6) is 0 Å². The molecule has 0 heterocycles. The van der Waals surface area contributed by atoms with Crippen molar-refractivity contribution in [3.63, 3.8) is 0 Å². The predicted octanol–water partition coefficient (Wildman–Crippen LogP) is 1.05. The second-order valence-corrected chi connectivity index (χ2v) is 4.49. The van der Waals surface area contributed by atoms with Gasteiger partial charge in [0.25, 0.3) is 0 Å². The van der Waals surface area contributed by atoms with Gasteiger partial charge in [-0.1, -0.05) is 0 Å². The molecule has 0 amide bonds. The number of likely N-dealkylation sites (N-methyl/N-ethyl adjacent to an activating group) is 2. The largest absolute Gasteiger partial charge is 0.465 e. The Morgan fingerprint density at radius 1 is 1.28 bits per heavy atom. The van der Waals surface area contributed by atoms with Gasteiger partial charge in [-0.15, -0.1) is 0 Å². The van der Waals surface area contributed by atoms with Gasteiger partial charge in [0.05, 0.1) is 18.4 Å². The molecule has 0 aliphatic heterocycles. The minimum absolute atomic E-state index is 0.367. The maximum absolute atomic E-state index is 11.7. The van der Waals surface area contributed by atoms with Gasteiger partial charge in [0, 0.05) is 25.8 Å². The number of rotatable bonds is 5. The molecule has 1 aromatic carbocycles. The summed E-state index contributed by atoms with van der Waals surface area (Å²) < 4.78 is 4.78. The smallest absolute Gasteiger partial charge is 0.340 e. The molecule has 0 spiro atoms. The Balaban J connectivity index is 2.96. The maximum atomic E-state index is 11.7. The molecule has 0 saturated heterocycles. The molecule has 0 fully saturated rings. The molecule has 0 aromatic heterocycles. The Labute approximate surface area is 108 Å². The third kappa shape index (κ3) is 3.63. The van der Waals surface area contributed by atoms with Gasteiger partial charge in [0.2, 0.25) is 0 Å². The van der Waals surface area contributed by atoms with Gasteiger partial charge in [0.1, 0.15) is 0 Å². The van der Waals surface area contributed by atoms with Gasteiger partial charge in [-0.2, -0.15) is 0 Å². The van der Waals surface area contributed by atoms with Crippen molar-refractivity contribution in [3.8, 4) is 0 Å². The quantitative estimate of drug-likeness (QED) is 0.626. The number of ether oxygens (including phenoxy) is 1. The van der Waals surface area contributed by atoms with Crippen LogP contribution < -0.4 is 10.6 Å². The summed E-state index contributed by atoms with van der Waals surface area (Å²) in [6.45, 7) is 1.72. The Hall–Kier alpha value is -1.75. The lowest BCUT2D eigenvalue weighted by Gasteiger charge is -2.23. The second kappa shape index (κ2) is 6.26. The van der Waals surface area contributed by atoms with E-state index in [4.69, 9.17) is 10.5 Å². The van der Waals surface area contributed by atoms with Crippen LogP contribution in [-0.2, 0) is 4.74 Å². The molecule has 0 saturated carbocycles. The molecule has 0 aliphatic carbocycles. The summed E-state index contributed by atoms with van der Waals surface area (Å²) in [5, 5.41) is 0. The van der Waals surface area contributed by atoms with Gasteiger partial charge in [-0.05, 0) is 32.3 Å². The van der Waals surface area contributed by atoms with Gasteiger partial charge in [-0.3, -0.25) is 0 Å². The van der Waals surface area contributed by atoms with Crippen LogP contribution in [0.25, 0.3) is 0 Å². The van der Waals surface area contributed by atoms with E-state index in [0.29, 0.717) is 11.3 Å². The lowest BCUT2D eigenvalue weighted by atomic mass is 10.1. The molecule has 0 radical (unpaired) electrons. The summed E-state index contributed by atoms with van der Waals surface area (Å²) in [7, 11) is 7.34. The van der Waals surface area contributed by atoms with Crippen molar-refractivity contribution >= 4 is 17.3 Å². The van der Waals surface area contributed by atoms with Gasteiger partial charge < -0.3 is 20.3 Å². The maximum Gasteiger partial charge on any atom is 0.340 e. The Kier molecular flexibility index (Phi) is 4.97. The summed E-state index contributed by atoms with van der Waals surface area (Å²) in [4.78, 5) is 15.8. The monoisotopic (exact) mass is 251 g/mol. The fourth-order valence-corrected chi connectivity index (χ4v) is 1.63. The van der Waals surface area contributed by atoms with Crippen molar-refractivity contribution in [2.45, 2.75) is 0 Å². The first-order valence-corrected chi connectivity index (χ1v) is 5.79. The van der Waals surface area contributed by atoms with E-state index in [0.717, 1.165) is 18.8 Å². The van der Waals surface area contributed by atoms with Crippen molar-refractivity contribution < 1.29 is 9.53 Å². The predicted molar refractivity (Wildman–Crippen MR) is 74.0 cm³/mol. The zero-order valence-corrected chi connectivity index (χ0v) is 11.4. The highest BCUT2D eigenvalue weighted by Gasteiger charge is 2.15. The SMILES string of the molecule is COC(=O)c1cc(N)ccc1N(C)CCN(C)C. The number of methoxy groups -OCH3 is 1. The standard InChI is InChI=1S/C13H21N3O2/c1-15(2)7-8-16(3)12-6-5-10(14)9-11(12)13(17)18-4/h5-6,9H,7-8,14H2,1-4H3. The second-order valence-electron chi connectivity index (χ2n) is 4.49. The van der Waals surface area contributed by atoms with E-state index >= 15 is 0 Å². The minimum Gasteiger partial charge on any atom is -0.465 e. The van der Waals surface area contributed by atoms with E-state index in [1.165, 1.54) is 7.11 Å². The number of hydrogen-bond acceptors (Lipinski definition) is 5. The van der Waals surface area contributed by atoms with E-state index in [9.17, 15) is 4.79 Å². The molecular formula is C13H21N3O2. The van der Waals surface area contributed by atoms with Crippen molar-refractivity contribution in [3.05, 3.63) is 23.8 Å². The normalized spacial score (nSPS) is 10.5. The summed E-state index contributed by atoms with van der Waals surface area (Å²) in [5.74, 6) is -0.367. The lowest BCUT2D eigenvalue weighted by molar-refractivity contribution is 0.0601. The van der Waals surface area contributed by atoms with Gasteiger partial charge >= 0.3 is 5.97 Å². The van der Waals surface area contributed by atoms with Crippen LogP contribution in [-0.4, -0.2) is 52.2 Å². The number of benzene rings is 1. The zero-order valence-electron chi connectivity index (χ0n) is 11.4. The molecule has 2 N–H and O–H groups in total. The summed E-state index contributed by atoms with van der Waals surface area (Å²) in [6.07, 6.45) is 0. The van der Waals surface area contributed by atoms with Crippen LogP contribution in [0.4, 0.5) is 11.4 Å². The fourth-order valence-electron chi connectivity index (χ4n) is 1.63. The minimum atomic E-state index is -0.367. The van der Waals surface area contributed by atoms with Crippen LogP contribution in [0.2, 0.25) is 0 Å². The number of carbonyl (C=O) groups is 1. The van der Waals surface area contributed by atoms with E-state index in [2.05, 4.69) is 4.90 Å². The van der Waals surface area contributed by atoms with Crippen LogP contribution >= 0.6 is 0 Å². The summed E-state index contributed by atoms with van der Waals surface area (Å²) >= 11 is 0. The van der Waals surface area contributed by atoms with Crippen LogP contribution in [0, 0.1) is 0 Å². The third-order valence-corrected chi connectivity index (χ3v) is 2.72. The first-order chi connectivity index (χ1) is 8.45.